The van der Waals surface area contributed by atoms with Gasteiger partial charge in [-0.2, -0.15) is 5.26 Å². The molecule has 0 aliphatic rings. The van der Waals surface area contributed by atoms with Gasteiger partial charge < -0.3 is 10.5 Å². The van der Waals surface area contributed by atoms with E-state index in [2.05, 4.69) is 10.8 Å². The number of nitrogens with zero attached hydrogens (tertiary/aromatic N) is 1. The molecule has 1 rings (SSSR count). The third kappa shape index (κ3) is 3.05. The average Bonchev–Trinajstić information content (AvgIpc) is 2.37. The predicted molar refractivity (Wildman–Crippen MR) is 64.1 cm³/mol. The third-order valence-electron chi connectivity index (χ3n) is 2.70. The van der Waals surface area contributed by atoms with Crippen molar-refractivity contribution in [2.45, 2.75) is 26.3 Å². The summed E-state index contributed by atoms with van der Waals surface area (Å²) in [7, 11) is 1.35. The van der Waals surface area contributed by atoms with Crippen LogP contribution in [0.2, 0.25) is 0 Å². The Morgan fingerprint density at radius 3 is 2.59 bits per heavy atom. The quantitative estimate of drug-likeness (QED) is 0.794. The maximum Gasteiger partial charge on any atom is 0.309 e. The number of rotatable bonds is 4. The number of nitriles is 1. The highest BCUT2D eigenvalue weighted by molar-refractivity contribution is 5.73. The molecule has 4 heteroatoms. The van der Waals surface area contributed by atoms with Gasteiger partial charge in [0.2, 0.25) is 0 Å². The number of esters is 1. The molecule has 90 valence electrons. The van der Waals surface area contributed by atoms with Crippen LogP contribution in [0.15, 0.2) is 12.1 Å². The maximum absolute atomic E-state index is 11.3. The number of ether oxygens (including phenoxy) is 1. The standard InChI is InChI=1S/C13H16N2O2/c1-3-12-10(6-13(16)17-2)4-9(7-14)5-11(12)8-15/h4-5H,3,6,8,15H2,1-2H3. The molecule has 0 spiro atoms. The molecule has 4 nitrogen and oxygen atoms in total. The molecule has 0 fully saturated rings. The molecule has 0 radical (unpaired) electrons. The van der Waals surface area contributed by atoms with Crippen molar-refractivity contribution in [1.82, 2.24) is 0 Å². The number of carbonyl (C=O) groups excluding carboxylic acids is 1. The monoisotopic (exact) mass is 232 g/mol. The second-order valence-corrected chi connectivity index (χ2v) is 3.70. The van der Waals surface area contributed by atoms with Crippen LogP contribution in [0, 0.1) is 11.3 Å². The van der Waals surface area contributed by atoms with Crippen molar-refractivity contribution in [2.75, 3.05) is 7.11 Å². The van der Waals surface area contributed by atoms with E-state index in [4.69, 9.17) is 11.0 Å². The topological polar surface area (TPSA) is 76.1 Å². The minimum absolute atomic E-state index is 0.183. The van der Waals surface area contributed by atoms with Crippen molar-refractivity contribution < 1.29 is 9.53 Å². The Kier molecular flexibility index (Phi) is 4.68. The van der Waals surface area contributed by atoms with E-state index in [1.807, 2.05) is 6.92 Å². The lowest BCUT2D eigenvalue weighted by Crippen LogP contribution is -2.10. The number of benzene rings is 1. The van der Waals surface area contributed by atoms with Crippen molar-refractivity contribution in [2.24, 2.45) is 5.73 Å². The number of hydrogen-bond donors (Lipinski definition) is 1. The maximum atomic E-state index is 11.3. The summed E-state index contributed by atoms with van der Waals surface area (Å²) >= 11 is 0. The number of methoxy groups -OCH3 is 1. The van der Waals surface area contributed by atoms with E-state index in [0.29, 0.717) is 12.1 Å². The fourth-order valence-electron chi connectivity index (χ4n) is 1.88. The molecule has 1 aromatic carbocycles. The van der Waals surface area contributed by atoms with Crippen LogP contribution >= 0.6 is 0 Å². The van der Waals surface area contributed by atoms with E-state index in [0.717, 1.165) is 23.1 Å². The molecule has 0 saturated heterocycles. The second-order valence-electron chi connectivity index (χ2n) is 3.70. The molecular weight excluding hydrogens is 216 g/mol. The van der Waals surface area contributed by atoms with E-state index in [1.54, 1.807) is 12.1 Å². The fraction of sp³-hybridized carbons (Fsp3) is 0.385. The molecule has 0 atom stereocenters. The first kappa shape index (κ1) is 13.2. The Labute approximate surface area is 101 Å². The molecule has 0 amide bonds. The smallest absolute Gasteiger partial charge is 0.309 e. The van der Waals surface area contributed by atoms with Gasteiger partial charge in [0.1, 0.15) is 0 Å². The number of hydrogen-bond acceptors (Lipinski definition) is 4. The SMILES string of the molecule is CCc1c(CN)cc(C#N)cc1CC(=O)OC. The van der Waals surface area contributed by atoms with Crippen LogP contribution in [-0.2, 0) is 28.9 Å². The lowest BCUT2D eigenvalue weighted by molar-refractivity contribution is -0.139. The van der Waals surface area contributed by atoms with Crippen LogP contribution in [0.25, 0.3) is 0 Å². The molecule has 0 saturated carbocycles. The molecule has 0 aliphatic carbocycles. The van der Waals surface area contributed by atoms with E-state index in [1.165, 1.54) is 7.11 Å². The van der Waals surface area contributed by atoms with Gasteiger partial charge in [-0.15, -0.1) is 0 Å². The Morgan fingerprint density at radius 2 is 2.12 bits per heavy atom. The van der Waals surface area contributed by atoms with Gasteiger partial charge in [-0.05, 0) is 35.2 Å². The predicted octanol–water partition coefficient (Wildman–Crippen LogP) is 1.29. The summed E-state index contributed by atoms with van der Waals surface area (Å²) < 4.78 is 4.65. The number of carbonyl (C=O) groups is 1. The van der Waals surface area contributed by atoms with Gasteiger partial charge in [-0.1, -0.05) is 6.92 Å². The van der Waals surface area contributed by atoms with Gasteiger partial charge in [0.25, 0.3) is 0 Å². The molecule has 0 unspecified atom stereocenters. The third-order valence-corrected chi connectivity index (χ3v) is 2.70. The van der Waals surface area contributed by atoms with Gasteiger partial charge in [-0.25, -0.2) is 0 Å². The molecular formula is C13H16N2O2. The average molecular weight is 232 g/mol. The Balaban J connectivity index is 3.25. The first-order chi connectivity index (χ1) is 8.15. The van der Waals surface area contributed by atoms with Crippen LogP contribution in [0.3, 0.4) is 0 Å². The molecule has 2 N–H and O–H groups in total. The molecule has 1 aromatic rings. The van der Waals surface area contributed by atoms with E-state index in [-0.39, 0.29) is 12.4 Å². The van der Waals surface area contributed by atoms with Crippen LogP contribution in [0.5, 0.6) is 0 Å². The fourth-order valence-corrected chi connectivity index (χ4v) is 1.88. The van der Waals surface area contributed by atoms with E-state index in [9.17, 15) is 4.79 Å². The van der Waals surface area contributed by atoms with E-state index < -0.39 is 0 Å². The molecule has 0 aliphatic heterocycles. The van der Waals surface area contributed by atoms with Gasteiger partial charge in [0.15, 0.2) is 0 Å². The zero-order chi connectivity index (χ0) is 12.8. The Morgan fingerprint density at radius 1 is 1.47 bits per heavy atom. The van der Waals surface area contributed by atoms with Gasteiger partial charge >= 0.3 is 5.97 Å². The first-order valence-corrected chi connectivity index (χ1v) is 5.47. The molecule has 0 aromatic heterocycles. The van der Waals surface area contributed by atoms with Crippen LogP contribution < -0.4 is 5.73 Å². The summed E-state index contributed by atoms with van der Waals surface area (Å²) in [6.07, 6.45) is 0.965. The zero-order valence-corrected chi connectivity index (χ0v) is 10.1. The van der Waals surface area contributed by atoms with Crippen molar-refractivity contribution in [3.05, 3.63) is 34.4 Å². The lowest BCUT2D eigenvalue weighted by atomic mass is 9.94. The molecule has 0 bridgehead atoms. The van der Waals surface area contributed by atoms with E-state index >= 15 is 0 Å². The summed E-state index contributed by atoms with van der Waals surface area (Å²) in [6.45, 7) is 2.37. The Hall–Kier alpha value is -1.86. The summed E-state index contributed by atoms with van der Waals surface area (Å²) in [4.78, 5) is 11.3. The molecule has 0 heterocycles. The van der Waals surface area contributed by atoms with Gasteiger partial charge in [0.05, 0.1) is 25.2 Å². The normalized spacial score (nSPS) is 9.76. The Bertz CT molecular complexity index is 461. The van der Waals surface area contributed by atoms with Crippen LogP contribution in [0.4, 0.5) is 0 Å². The minimum Gasteiger partial charge on any atom is -0.469 e. The summed E-state index contributed by atoms with van der Waals surface area (Å²) in [5.74, 6) is -0.308. The first-order valence-electron chi connectivity index (χ1n) is 5.47. The van der Waals surface area contributed by atoms with Crippen LogP contribution in [0.1, 0.15) is 29.2 Å². The lowest BCUT2D eigenvalue weighted by Gasteiger charge is -2.12. The molecule has 17 heavy (non-hydrogen) atoms. The van der Waals surface area contributed by atoms with Crippen molar-refractivity contribution in [3.8, 4) is 6.07 Å². The summed E-state index contributed by atoms with van der Waals surface area (Å²) in [5, 5.41) is 8.93. The van der Waals surface area contributed by atoms with Crippen molar-refractivity contribution in [3.63, 3.8) is 0 Å². The van der Waals surface area contributed by atoms with Crippen molar-refractivity contribution >= 4 is 5.97 Å². The van der Waals surface area contributed by atoms with Crippen LogP contribution in [-0.4, -0.2) is 13.1 Å². The highest BCUT2D eigenvalue weighted by Gasteiger charge is 2.12. The van der Waals surface area contributed by atoms with Gasteiger partial charge in [0, 0.05) is 6.54 Å². The summed E-state index contributed by atoms with van der Waals surface area (Å²) in [5.41, 5.74) is 8.98. The van der Waals surface area contributed by atoms with Crippen molar-refractivity contribution in [1.29, 1.82) is 5.26 Å². The highest BCUT2D eigenvalue weighted by atomic mass is 16.5. The minimum atomic E-state index is -0.308. The highest BCUT2D eigenvalue weighted by Crippen LogP contribution is 2.19. The summed E-state index contributed by atoms with van der Waals surface area (Å²) in [6, 6.07) is 5.59. The largest absolute Gasteiger partial charge is 0.469 e. The second kappa shape index (κ2) is 6.02. The van der Waals surface area contributed by atoms with Gasteiger partial charge in [-0.3, -0.25) is 4.79 Å². The zero-order valence-electron chi connectivity index (χ0n) is 10.1. The number of nitrogens with two attached hydrogens (primary N) is 1.